The van der Waals surface area contributed by atoms with Gasteiger partial charge in [0.1, 0.15) is 17.4 Å². The first-order valence-corrected chi connectivity index (χ1v) is 11.4. The number of hydrogen-bond acceptors (Lipinski definition) is 7. The van der Waals surface area contributed by atoms with E-state index >= 15 is 0 Å². The molecule has 0 fully saturated rings. The Morgan fingerprint density at radius 1 is 1.10 bits per heavy atom. The fraction of sp³-hybridized carbons (Fsp3) is 0.200. The zero-order chi connectivity index (χ0) is 20.9. The van der Waals surface area contributed by atoms with Crippen LogP contribution in [-0.4, -0.2) is 32.7 Å². The molecule has 0 radical (unpaired) electrons. The second-order valence-corrected chi connectivity index (χ2v) is 8.99. The molecule has 0 aliphatic carbocycles. The van der Waals surface area contributed by atoms with Gasteiger partial charge in [-0.3, -0.25) is 4.31 Å². The standard InChI is InChI=1S/C20H20N2O5S2/c1-26-20(23)15-8-10-17(11-9-15)22(29(2,24)25)12-16-14-28-19(21-16)13-27-18-6-4-3-5-7-18/h3-11,14H,12-13H2,1-2H3. The van der Waals surface area contributed by atoms with Crippen molar-refractivity contribution in [2.45, 2.75) is 13.2 Å². The highest BCUT2D eigenvalue weighted by atomic mass is 32.2. The SMILES string of the molecule is COC(=O)c1ccc(N(Cc2csc(COc3ccccc3)n2)S(C)(=O)=O)cc1. The predicted molar refractivity (Wildman–Crippen MR) is 112 cm³/mol. The van der Waals surface area contributed by atoms with Crippen LogP contribution < -0.4 is 9.04 Å². The van der Waals surface area contributed by atoms with Crippen LogP contribution in [0.2, 0.25) is 0 Å². The highest BCUT2D eigenvalue weighted by Gasteiger charge is 2.20. The Kier molecular flexibility index (Phi) is 6.50. The third-order valence-corrected chi connectivity index (χ3v) is 6.00. The molecule has 0 bridgehead atoms. The van der Waals surface area contributed by atoms with E-state index in [1.54, 1.807) is 12.1 Å². The molecule has 0 aliphatic heterocycles. The lowest BCUT2D eigenvalue weighted by molar-refractivity contribution is 0.0600. The van der Waals surface area contributed by atoms with Crippen LogP contribution in [-0.2, 0) is 27.9 Å². The van der Waals surface area contributed by atoms with Gasteiger partial charge in [0.25, 0.3) is 0 Å². The number of carbonyl (C=O) groups is 1. The second-order valence-electron chi connectivity index (χ2n) is 6.14. The molecule has 0 saturated heterocycles. The van der Waals surface area contributed by atoms with E-state index in [2.05, 4.69) is 9.72 Å². The quantitative estimate of drug-likeness (QED) is 0.507. The van der Waals surface area contributed by atoms with Gasteiger partial charge in [-0.25, -0.2) is 18.2 Å². The highest BCUT2D eigenvalue weighted by Crippen LogP contribution is 2.23. The average molecular weight is 433 g/mol. The van der Waals surface area contributed by atoms with Crippen molar-refractivity contribution in [1.82, 2.24) is 4.98 Å². The summed E-state index contributed by atoms with van der Waals surface area (Å²) >= 11 is 1.41. The summed E-state index contributed by atoms with van der Waals surface area (Å²) in [6.07, 6.45) is 1.13. The first-order chi connectivity index (χ1) is 13.9. The molecule has 7 nitrogen and oxygen atoms in total. The summed E-state index contributed by atoms with van der Waals surface area (Å²) in [4.78, 5) is 16.1. The number of methoxy groups -OCH3 is 1. The number of carbonyl (C=O) groups excluding carboxylic acids is 1. The Labute approximate surface area is 173 Å². The van der Waals surface area contributed by atoms with E-state index in [9.17, 15) is 13.2 Å². The van der Waals surface area contributed by atoms with Gasteiger partial charge in [0, 0.05) is 5.38 Å². The van der Waals surface area contributed by atoms with Crippen LogP contribution in [0, 0.1) is 0 Å². The number of sulfonamides is 1. The minimum atomic E-state index is -3.55. The number of rotatable bonds is 8. The predicted octanol–water partition coefficient (Wildman–Crippen LogP) is 3.47. The molecule has 0 unspecified atom stereocenters. The number of hydrogen-bond donors (Lipinski definition) is 0. The van der Waals surface area contributed by atoms with E-state index in [-0.39, 0.29) is 6.54 Å². The van der Waals surface area contributed by atoms with Crippen molar-refractivity contribution in [2.75, 3.05) is 17.7 Å². The molecule has 2 aromatic carbocycles. The molecular weight excluding hydrogens is 412 g/mol. The highest BCUT2D eigenvalue weighted by molar-refractivity contribution is 7.92. The third-order valence-electron chi connectivity index (χ3n) is 3.99. The van der Waals surface area contributed by atoms with Crippen molar-refractivity contribution in [3.8, 4) is 5.75 Å². The molecule has 0 N–H and O–H groups in total. The molecule has 152 valence electrons. The van der Waals surface area contributed by atoms with Gasteiger partial charge in [-0.05, 0) is 36.4 Å². The Morgan fingerprint density at radius 2 is 1.79 bits per heavy atom. The number of esters is 1. The molecule has 9 heteroatoms. The summed E-state index contributed by atoms with van der Waals surface area (Å²) in [5, 5.41) is 2.56. The van der Waals surface area contributed by atoms with Crippen LogP contribution in [0.1, 0.15) is 21.1 Å². The molecular formula is C20H20N2O5S2. The topological polar surface area (TPSA) is 85.8 Å². The summed E-state index contributed by atoms with van der Waals surface area (Å²) in [5.74, 6) is 0.262. The summed E-state index contributed by atoms with van der Waals surface area (Å²) in [6, 6.07) is 15.6. The van der Waals surface area contributed by atoms with Crippen molar-refractivity contribution < 1.29 is 22.7 Å². The summed E-state index contributed by atoms with van der Waals surface area (Å²) in [6.45, 7) is 0.389. The van der Waals surface area contributed by atoms with Crippen molar-refractivity contribution in [1.29, 1.82) is 0 Å². The van der Waals surface area contributed by atoms with Crippen LogP contribution in [0.5, 0.6) is 5.75 Å². The van der Waals surface area contributed by atoms with E-state index in [1.165, 1.54) is 34.9 Å². The third kappa shape index (κ3) is 5.55. The molecule has 3 aromatic rings. The van der Waals surface area contributed by atoms with Crippen LogP contribution in [0.4, 0.5) is 5.69 Å². The van der Waals surface area contributed by atoms with E-state index < -0.39 is 16.0 Å². The molecule has 29 heavy (non-hydrogen) atoms. The van der Waals surface area contributed by atoms with Gasteiger partial charge in [-0.1, -0.05) is 18.2 Å². The fourth-order valence-corrected chi connectivity index (χ4v) is 4.15. The van der Waals surface area contributed by atoms with E-state index in [0.717, 1.165) is 17.0 Å². The average Bonchev–Trinajstić information content (AvgIpc) is 3.18. The fourth-order valence-electron chi connectivity index (χ4n) is 2.58. The second kappa shape index (κ2) is 9.06. The lowest BCUT2D eigenvalue weighted by Crippen LogP contribution is -2.29. The number of thiazole rings is 1. The van der Waals surface area contributed by atoms with Gasteiger partial charge in [-0.15, -0.1) is 11.3 Å². The first-order valence-electron chi connectivity index (χ1n) is 8.64. The van der Waals surface area contributed by atoms with Gasteiger partial charge in [0.05, 0.1) is 36.9 Å². The number of benzene rings is 2. The van der Waals surface area contributed by atoms with Crippen LogP contribution in [0.3, 0.4) is 0 Å². The first kappa shape index (κ1) is 20.8. The van der Waals surface area contributed by atoms with Gasteiger partial charge in [0.2, 0.25) is 10.0 Å². The summed E-state index contributed by atoms with van der Waals surface area (Å²) < 4.78 is 36.2. The molecule has 0 aliphatic rings. The van der Waals surface area contributed by atoms with Crippen molar-refractivity contribution in [2.24, 2.45) is 0 Å². The van der Waals surface area contributed by atoms with Crippen LogP contribution in [0.15, 0.2) is 60.0 Å². The normalized spacial score (nSPS) is 11.1. The minimum absolute atomic E-state index is 0.0816. The van der Waals surface area contributed by atoms with Gasteiger partial charge < -0.3 is 9.47 Å². The molecule has 1 heterocycles. The minimum Gasteiger partial charge on any atom is -0.486 e. The Balaban J connectivity index is 1.73. The van der Waals surface area contributed by atoms with Crippen LogP contribution >= 0.6 is 11.3 Å². The Morgan fingerprint density at radius 3 is 2.41 bits per heavy atom. The van der Waals surface area contributed by atoms with Crippen LogP contribution in [0.25, 0.3) is 0 Å². The maximum atomic E-state index is 12.3. The lowest BCUT2D eigenvalue weighted by atomic mass is 10.2. The number of nitrogens with zero attached hydrogens (tertiary/aromatic N) is 2. The monoisotopic (exact) mass is 432 g/mol. The Hall–Kier alpha value is -2.91. The maximum Gasteiger partial charge on any atom is 0.337 e. The lowest BCUT2D eigenvalue weighted by Gasteiger charge is -2.21. The van der Waals surface area contributed by atoms with E-state index in [0.29, 0.717) is 23.6 Å². The number of para-hydroxylation sites is 1. The van der Waals surface area contributed by atoms with Gasteiger partial charge in [0.15, 0.2) is 0 Å². The van der Waals surface area contributed by atoms with E-state index in [4.69, 9.17) is 4.74 Å². The van der Waals surface area contributed by atoms with Crippen molar-refractivity contribution in [3.63, 3.8) is 0 Å². The molecule has 0 amide bonds. The number of anilines is 1. The van der Waals surface area contributed by atoms with Gasteiger partial charge in [-0.2, -0.15) is 0 Å². The van der Waals surface area contributed by atoms with E-state index in [1.807, 2.05) is 35.7 Å². The number of ether oxygens (including phenoxy) is 2. The zero-order valence-corrected chi connectivity index (χ0v) is 17.6. The number of aromatic nitrogens is 1. The molecule has 3 rings (SSSR count). The Bertz CT molecular complexity index is 1060. The van der Waals surface area contributed by atoms with Crippen molar-refractivity contribution in [3.05, 3.63) is 76.2 Å². The summed E-state index contributed by atoms with van der Waals surface area (Å²) in [5.41, 5.74) is 1.40. The molecule has 0 atom stereocenters. The molecule has 1 aromatic heterocycles. The molecule has 0 saturated carbocycles. The maximum absolute atomic E-state index is 12.3. The zero-order valence-electron chi connectivity index (χ0n) is 15.9. The largest absolute Gasteiger partial charge is 0.486 e. The molecule has 0 spiro atoms. The van der Waals surface area contributed by atoms with Gasteiger partial charge >= 0.3 is 5.97 Å². The summed E-state index contributed by atoms with van der Waals surface area (Å²) in [7, 11) is -2.26. The smallest absolute Gasteiger partial charge is 0.337 e. The van der Waals surface area contributed by atoms with Crippen molar-refractivity contribution >= 4 is 33.0 Å².